The van der Waals surface area contributed by atoms with Gasteiger partial charge in [-0.05, 0) is 175 Å². The number of alkyl halides is 8. The molecule has 0 aliphatic heterocycles. The fourth-order valence-corrected chi connectivity index (χ4v) is 11.7. The second-order valence-electron chi connectivity index (χ2n) is 21.4. The molecule has 16 heteroatoms. The zero-order valence-electron chi connectivity index (χ0n) is 47.1. The highest BCUT2D eigenvalue weighted by Crippen LogP contribution is 2.53. The third-order valence-corrected chi connectivity index (χ3v) is 15.6. The summed E-state index contributed by atoms with van der Waals surface area (Å²) in [5.41, 5.74) is 8.99. The lowest BCUT2D eigenvalue weighted by Crippen LogP contribution is -2.65. The maximum Gasteiger partial charge on any atom is 0.381 e. The summed E-state index contributed by atoms with van der Waals surface area (Å²) in [7, 11) is 0. The number of nitrogens with zero attached hydrogens (tertiary/aromatic N) is 2. The topological polar surface area (TPSA) is 96.6 Å². The van der Waals surface area contributed by atoms with Crippen LogP contribution in [0.4, 0.5) is 35.1 Å². The molecule has 10 aromatic rings. The summed E-state index contributed by atoms with van der Waals surface area (Å²) in [6.07, 6.45) is 0. The van der Waals surface area contributed by atoms with Gasteiger partial charge in [0.15, 0.2) is 36.3 Å². The van der Waals surface area contributed by atoms with Gasteiger partial charge in [0.05, 0.1) is 11.1 Å². The number of carbonyl (C=O) groups is 4. The number of benzene rings is 8. The van der Waals surface area contributed by atoms with Crippen LogP contribution in [0.15, 0.2) is 146 Å². The number of aromatic nitrogens is 2. The lowest BCUT2D eigenvalue weighted by Gasteiger charge is -2.36. The predicted octanol–water partition coefficient (Wildman–Crippen LogP) is 16.7. The first-order valence-corrected chi connectivity index (χ1v) is 27.1. The van der Waals surface area contributed by atoms with Crippen molar-refractivity contribution in [2.24, 2.45) is 0 Å². The molecule has 0 spiro atoms. The Labute approximate surface area is 478 Å². The Morgan fingerprint density at radius 1 is 0.381 bits per heavy atom. The molecule has 84 heavy (non-hydrogen) atoms. The number of aryl methyl sites for hydroxylation is 8. The summed E-state index contributed by atoms with van der Waals surface area (Å²) in [5, 5.41) is 2.31. The number of hydrogen-bond acceptors (Lipinski definition) is 6. The molecule has 2 heterocycles. The fourth-order valence-electron chi connectivity index (χ4n) is 11.7. The first kappa shape index (κ1) is 58.3. The normalized spacial score (nSPS) is 12.4. The van der Waals surface area contributed by atoms with E-state index in [4.69, 9.17) is 9.47 Å². The molecule has 0 saturated heterocycles. The minimum atomic E-state index is -6.80. The van der Waals surface area contributed by atoms with E-state index < -0.39 is 71.1 Å². The van der Waals surface area contributed by atoms with Crippen molar-refractivity contribution >= 4 is 66.7 Å². The average molecular weight is 1150 g/mol. The van der Waals surface area contributed by atoms with E-state index in [0.29, 0.717) is 67.9 Å². The second kappa shape index (κ2) is 21.7. The molecular formula is C68H56F8N2O6. The zero-order valence-corrected chi connectivity index (χ0v) is 47.1. The van der Waals surface area contributed by atoms with Crippen molar-refractivity contribution in [3.05, 3.63) is 223 Å². The molecule has 2 aromatic heterocycles. The third kappa shape index (κ3) is 9.88. The Kier molecular flexibility index (Phi) is 15.0. The minimum Gasteiger partial charge on any atom is -0.486 e. The Hall–Kier alpha value is -8.92. The van der Waals surface area contributed by atoms with Crippen LogP contribution < -0.4 is 9.47 Å². The van der Waals surface area contributed by atoms with E-state index in [1.165, 1.54) is 48.5 Å². The number of ether oxygens (including phenoxy) is 2. The molecule has 0 saturated carbocycles. The predicted molar refractivity (Wildman–Crippen MR) is 309 cm³/mol. The molecule has 0 bridgehead atoms. The van der Waals surface area contributed by atoms with Crippen molar-refractivity contribution in [3.8, 4) is 11.5 Å². The molecule has 430 valence electrons. The smallest absolute Gasteiger partial charge is 0.381 e. The van der Waals surface area contributed by atoms with Gasteiger partial charge in [-0.25, -0.2) is 0 Å². The lowest BCUT2D eigenvalue weighted by atomic mass is 9.92. The van der Waals surface area contributed by atoms with Gasteiger partial charge in [0, 0.05) is 90.1 Å². The summed E-state index contributed by atoms with van der Waals surface area (Å²) in [5.74, 6) is -29.2. The maximum atomic E-state index is 15.6. The minimum absolute atomic E-state index is 0.0179. The molecule has 8 aromatic carbocycles. The van der Waals surface area contributed by atoms with Crippen LogP contribution in [-0.4, -0.2) is 69.2 Å². The molecule has 0 aliphatic rings. The highest BCUT2D eigenvalue weighted by Gasteiger charge is 2.81. The second-order valence-corrected chi connectivity index (χ2v) is 21.4. The van der Waals surface area contributed by atoms with Crippen LogP contribution in [0.3, 0.4) is 0 Å². The van der Waals surface area contributed by atoms with Gasteiger partial charge in [-0.1, -0.05) is 59.7 Å². The van der Waals surface area contributed by atoms with Crippen molar-refractivity contribution in [1.82, 2.24) is 9.13 Å². The molecular weight excluding hydrogens is 1090 g/mol. The molecule has 0 aliphatic carbocycles. The Morgan fingerprint density at radius 3 is 0.940 bits per heavy atom. The van der Waals surface area contributed by atoms with Crippen LogP contribution in [-0.2, 0) is 13.1 Å². The molecule has 0 fully saturated rings. The van der Waals surface area contributed by atoms with E-state index in [0.717, 1.165) is 68.7 Å². The van der Waals surface area contributed by atoms with Gasteiger partial charge in [-0.15, -0.1) is 0 Å². The lowest BCUT2D eigenvalue weighted by molar-refractivity contribution is -0.371. The highest BCUT2D eigenvalue weighted by molar-refractivity contribution is 6.20. The van der Waals surface area contributed by atoms with Crippen molar-refractivity contribution in [3.63, 3.8) is 0 Å². The summed E-state index contributed by atoms with van der Waals surface area (Å²) >= 11 is 0. The highest BCUT2D eigenvalue weighted by atomic mass is 19.4. The molecule has 8 nitrogen and oxygen atoms in total. The molecule has 0 N–H and O–H groups in total. The van der Waals surface area contributed by atoms with E-state index in [2.05, 4.69) is 0 Å². The van der Waals surface area contributed by atoms with Crippen molar-refractivity contribution in [2.45, 2.75) is 92.2 Å². The number of ketones is 4. The van der Waals surface area contributed by atoms with Crippen LogP contribution in [0.2, 0.25) is 0 Å². The van der Waals surface area contributed by atoms with Gasteiger partial charge < -0.3 is 18.6 Å². The van der Waals surface area contributed by atoms with E-state index in [1.807, 2.05) is 88.8 Å². The Bertz CT molecular complexity index is 4040. The van der Waals surface area contributed by atoms with Crippen molar-refractivity contribution in [2.75, 3.05) is 13.2 Å². The zero-order chi connectivity index (χ0) is 60.5. The number of para-hydroxylation sites is 2. The SMILES string of the molecule is CCn1c2ccc(C(=O)c3ccccc3OCC(F)(F)C(F)(F)C(F)(F)C(F)(F)COc3ccccc3C(=O)c3ccc4c(c3)c3cc(C(=O)c5c(C)cc(C)cc5C)ccc3n4CC)cc2c2cc(C(=O)c3c(C)cc(C)cc3C)ccc21. The Balaban J connectivity index is 0.866. The van der Waals surface area contributed by atoms with Gasteiger partial charge in [0.1, 0.15) is 11.5 Å². The van der Waals surface area contributed by atoms with E-state index in [9.17, 15) is 19.2 Å². The fraction of sp³-hybridized carbons (Fsp3) is 0.235. The van der Waals surface area contributed by atoms with Gasteiger partial charge in [-0.3, -0.25) is 19.2 Å². The number of carbonyl (C=O) groups excluding carboxylic acids is 4. The van der Waals surface area contributed by atoms with Crippen LogP contribution in [0.5, 0.6) is 11.5 Å². The number of hydrogen-bond donors (Lipinski definition) is 0. The first-order valence-electron chi connectivity index (χ1n) is 27.1. The number of rotatable bonds is 19. The molecule has 0 radical (unpaired) electrons. The summed E-state index contributed by atoms with van der Waals surface area (Å²) in [6, 6.07) is 36.6. The maximum absolute atomic E-state index is 15.6. The van der Waals surface area contributed by atoms with Crippen LogP contribution >= 0.6 is 0 Å². The number of halogens is 8. The Morgan fingerprint density at radius 2 is 0.655 bits per heavy atom. The monoisotopic (exact) mass is 1150 g/mol. The third-order valence-electron chi connectivity index (χ3n) is 15.6. The molecule has 0 amide bonds. The molecule has 10 rings (SSSR count). The van der Waals surface area contributed by atoms with Crippen LogP contribution in [0.25, 0.3) is 43.6 Å². The summed E-state index contributed by atoms with van der Waals surface area (Å²) in [6.45, 7) is 10.9. The summed E-state index contributed by atoms with van der Waals surface area (Å²) < 4.78 is 139. The van der Waals surface area contributed by atoms with Crippen LogP contribution in [0, 0.1) is 41.5 Å². The van der Waals surface area contributed by atoms with E-state index in [1.54, 1.807) is 48.5 Å². The quantitative estimate of drug-likeness (QED) is 0.0591. The largest absolute Gasteiger partial charge is 0.486 e. The van der Waals surface area contributed by atoms with Gasteiger partial charge >= 0.3 is 23.7 Å². The van der Waals surface area contributed by atoms with Crippen molar-refractivity contribution < 1.29 is 63.8 Å². The van der Waals surface area contributed by atoms with Crippen LogP contribution in [0.1, 0.15) is 111 Å². The van der Waals surface area contributed by atoms with Crippen molar-refractivity contribution in [1.29, 1.82) is 0 Å². The van der Waals surface area contributed by atoms with E-state index in [-0.39, 0.29) is 22.7 Å². The first-order chi connectivity index (χ1) is 39.7. The molecule has 0 unspecified atom stereocenters. The molecule has 0 atom stereocenters. The van der Waals surface area contributed by atoms with Gasteiger partial charge in [0.25, 0.3) is 0 Å². The van der Waals surface area contributed by atoms with Gasteiger partial charge in [0.2, 0.25) is 0 Å². The number of fused-ring (bicyclic) bond motifs is 6. The van der Waals surface area contributed by atoms with E-state index >= 15 is 35.1 Å². The summed E-state index contributed by atoms with van der Waals surface area (Å²) in [4.78, 5) is 56.3. The average Bonchev–Trinajstić information content (AvgIpc) is 2.03. The standard InChI is InChI=1S/C68H56F8N2O6/c1-9-77-53-23-19-43(31-49(53)51-33-45(21-25-55(51)77)63(81)59-39(5)27-37(3)28-40(59)6)61(79)47-15-11-13-17-57(47)83-35-65(69,70)67(73,74)68(75,76)66(71,72)36-84-58-18-14-12-16-48(58)62(80)44-20-24-54-50(32-44)52-34-46(22-26-56(52)78(54)10-2)64(82)60-41(7)29-38(4)30-42(60)8/h11-34H,9-10,35-36H2,1-8H3. The van der Waals surface area contributed by atoms with Gasteiger partial charge in [-0.2, -0.15) is 35.1 Å².